The predicted octanol–water partition coefficient (Wildman–Crippen LogP) is 1.40. The number of nitrogen functional groups attached to an aromatic ring is 1. The van der Waals surface area contributed by atoms with Gasteiger partial charge in [-0.25, -0.2) is 4.98 Å². The van der Waals surface area contributed by atoms with Gasteiger partial charge in [-0.3, -0.25) is 4.90 Å². The van der Waals surface area contributed by atoms with Crippen molar-refractivity contribution < 1.29 is 5.11 Å². The molecule has 0 atom stereocenters. The fourth-order valence-electron chi connectivity index (χ4n) is 2.24. The maximum absolute atomic E-state index is 8.94. The van der Waals surface area contributed by atoms with Crippen LogP contribution in [0.5, 0.6) is 0 Å². The van der Waals surface area contributed by atoms with Crippen LogP contribution >= 0.6 is 0 Å². The molecule has 0 saturated heterocycles. The fraction of sp³-hybridized carbons (Fsp3) is 0.615. The maximum Gasteiger partial charge on any atom is 0.123 e. The highest BCUT2D eigenvalue weighted by Gasteiger charge is 2.24. The molecule has 1 fully saturated rings. The number of pyridine rings is 1. The van der Waals surface area contributed by atoms with E-state index in [2.05, 4.69) is 9.88 Å². The average Bonchev–Trinajstić information content (AvgIpc) is 2.23. The largest absolute Gasteiger partial charge is 0.396 e. The Kier molecular flexibility index (Phi) is 4.34. The average molecular weight is 235 g/mol. The Morgan fingerprint density at radius 1 is 1.47 bits per heavy atom. The van der Waals surface area contributed by atoms with Crippen LogP contribution in [0.2, 0.25) is 0 Å². The van der Waals surface area contributed by atoms with Gasteiger partial charge in [0.2, 0.25) is 0 Å². The van der Waals surface area contributed by atoms with Crippen LogP contribution in [0.15, 0.2) is 18.3 Å². The highest BCUT2D eigenvalue weighted by atomic mass is 16.3. The van der Waals surface area contributed by atoms with Gasteiger partial charge in [0.15, 0.2) is 0 Å². The molecule has 1 aromatic heterocycles. The molecular formula is C13H21N3O. The van der Waals surface area contributed by atoms with Gasteiger partial charge in [0.05, 0.1) is 0 Å². The smallest absolute Gasteiger partial charge is 0.123 e. The van der Waals surface area contributed by atoms with Crippen LogP contribution in [0.4, 0.5) is 5.82 Å². The molecule has 4 nitrogen and oxygen atoms in total. The minimum absolute atomic E-state index is 0.266. The zero-order valence-corrected chi connectivity index (χ0v) is 10.2. The van der Waals surface area contributed by atoms with Gasteiger partial charge in [-0.1, -0.05) is 6.42 Å². The zero-order chi connectivity index (χ0) is 12.1. The van der Waals surface area contributed by atoms with E-state index in [1.807, 2.05) is 12.1 Å². The van der Waals surface area contributed by atoms with Gasteiger partial charge in [-0.2, -0.15) is 0 Å². The quantitative estimate of drug-likeness (QED) is 0.782. The summed E-state index contributed by atoms with van der Waals surface area (Å²) in [5.74, 6) is 0.582. The van der Waals surface area contributed by atoms with Crippen LogP contribution in [0.1, 0.15) is 31.2 Å². The Labute approximate surface area is 102 Å². The fourth-order valence-corrected chi connectivity index (χ4v) is 2.24. The first-order valence-electron chi connectivity index (χ1n) is 6.35. The number of aromatic nitrogens is 1. The Hall–Kier alpha value is -1.13. The number of anilines is 1. The molecule has 0 unspecified atom stereocenters. The Morgan fingerprint density at radius 3 is 2.88 bits per heavy atom. The number of nitrogens with zero attached hydrogens (tertiary/aromatic N) is 2. The molecule has 1 aromatic rings. The Balaban J connectivity index is 1.95. The molecule has 4 heteroatoms. The van der Waals surface area contributed by atoms with Gasteiger partial charge in [0, 0.05) is 31.9 Å². The number of nitrogens with two attached hydrogens (primary N) is 1. The number of hydrogen-bond acceptors (Lipinski definition) is 4. The summed E-state index contributed by atoms with van der Waals surface area (Å²) in [6, 6.07) is 4.64. The Morgan fingerprint density at radius 2 is 2.29 bits per heavy atom. The summed E-state index contributed by atoms with van der Waals surface area (Å²) >= 11 is 0. The Bertz CT molecular complexity index is 352. The third kappa shape index (κ3) is 3.41. The lowest BCUT2D eigenvalue weighted by Crippen LogP contribution is -2.40. The molecule has 0 bridgehead atoms. The lowest BCUT2D eigenvalue weighted by atomic mass is 9.91. The second kappa shape index (κ2) is 5.98. The molecule has 17 heavy (non-hydrogen) atoms. The summed E-state index contributed by atoms with van der Waals surface area (Å²) < 4.78 is 0. The summed E-state index contributed by atoms with van der Waals surface area (Å²) in [4.78, 5) is 6.46. The minimum atomic E-state index is 0.266. The molecular weight excluding hydrogens is 214 g/mol. The van der Waals surface area contributed by atoms with Crippen molar-refractivity contribution in [3.63, 3.8) is 0 Å². The molecule has 1 aliphatic carbocycles. The predicted molar refractivity (Wildman–Crippen MR) is 68.4 cm³/mol. The van der Waals surface area contributed by atoms with Crippen molar-refractivity contribution in [1.82, 2.24) is 9.88 Å². The van der Waals surface area contributed by atoms with Crippen LogP contribution in [-0.2, 0) is 6.54 Å². The molecule has 0 aliphatic heterocycles. The van der Waals surface area contributed by atoms with Crippen molar-refractivity contribution in [3.8, 4) is 0 Å². The summed E-state index contributed by atoms with van der Waals surface area (Å²) in [7, 11) is 0. The van der Waals surface area contributed by atoms with Crippen molar-refractivity contribution in [1.29, 1.82) is 0 Å². The van der Waals surface area contributed by atoms with Gasteiger partial charge in [-0.15, -0.1) is 0 Å². The number of rotatable bonds is 6. The van der Waals surface area contributed by atoms with Gasteiger partial charge in [0.25, 0.3) is 0 Å². The summed E-state index contributed by atoms with van der Waals surface area (Å²) in [5, 5.41) is 8.94. The molecule has 1 saturated carbocycles. The third-order valence-corrected chi connectivity index (χ3v) is 3.43. The van der Waals surface area contributed by atoms with E-state index >= 15 is 0 Å². The topological polar surface area (TPSA) is 62.4 Å². The molecule has 0 aromatic carbocycles. The second-order valence-corrected chi connectivity index (χ2v) is 4.72. The highest BCUT2D eigenvalue weighted by molar-refractivity contribution is 5.31. The van der Waals surface area contributed by atoms with Gasteiger partial charge in [0.1, 0.15) is 5.82 Å². The van der Waals surface area contributed by atoms with Crippen molar-refractivity contribution >= 4 is 5.82 Å². The van der Waals surface area contributed by atoms with Gasteiger partial charge < -0.3 is 10.8 Å². The molecule has 3 N–H and O–H groups in total. The van der Waals surface area contributed by atoms with Crippen molar-refractivity contribution in [2.24, 2.45) is 0 Å². The molecule has 94 valence electrons. The van der Waals surface area contributed by atoms with Crippen LogP contribution in [-0.4, -0.2) is 34.2 Å². The van der Waals surface area contributed by atoms with E-state index in [-0.39, 0.29) is 6.61 Å². The standard InChI is InChI=1S/C13H21N3O/c14-13-9-11(5-6-15-13)10-16(7-2-8-17)12-3-1-4-12/h5-6,9,12,17H,1-4,7-8,10H2,(H2,14,15). The van der Waals surface area contributed by atoms with E-state index in [0.29, 0.717) is 11.9 Å². The zero-order valence-electron chi connectivity index (χ0n) is 10.2. The first-order chi connectivity index (χ1) is 8.29. The molecule has 0 spiro atoms. The molecule has 2 rings (SSSR count). The van der Waals surface area contributed by atoms with E-state index < -0.39 is 0 Å². The second-order valence-electron chi connectivity index (χ2n) is 4.72. The van der Waals surface area contributed by atoms with Gasteiger partial charge >= 0.3 is 0 Å². The lowest BCUT2D eigenvalue weighted by Gasteiger charge is -2.37. The lowest BCUT2D eigenvalue weighted by molar-refractivity contribution is 0.109. The van der Waals surface area contributed by atoms with Crippen molar-refractivity contribution in [2.75, 3.05) is 18.9 Å². The summed E-state index contributed by atoms with van der Waals surface area (Å²) in [6.07, 6.45) is 6.50. The molecule has 1 heterocycles. The van der Waals surface area contributed by atoms with E-state index in [4.69, 9.17) is 10.8 Å². The van der Waals surface area contributed by atoms with E-state index in [1.54, 1.807) is 6.20 Å². The maximum atomic E-state index is 8.94. The minimum Gasteiger partial charge on any atom is -0.396 e. The molecule has 1 aliphatic rings. The van der Waals surface area contributed by atoms with E-state index in [0.717, 1.165) is 19.5 Å². The van der Waals surface area contributed by atoms with Crippen LogP contribution in [0.3, 0.4) is 0 Å². The number of aliphatic hydroxyl groups is 1. The monoisotopic (exact) mass is 235 g/mol. The molecule has 0 radical (unpaired) electrons. The number of aliphatic hydroxyl groups excluding tert-OH is 1. The third-order valence-electron chi connectivity index (χ3n) is 3.43. The summed E-state index contributed by atoms with van der Waals surface area (Å²) in [5.41, 5.74) is 6.90. The van der Waals surface area contributed by atoms with Crippen molar-refractivity contribution in [3.05, 3.63) is 23.9 Å². The van der Waals surface area contributed by atoms with Crippen LogP contribution in [0, 0.1) is 0 Å². The summed E-state index contributed by atoms with van der Waals surface area (Å²) in [6.45, 7) is 2.14. The first kappa shape index (κ1) is 12.3. The normalized spacial score (nSPS) is 16.1. The highest BCUT2D eigenvalue weighted by Crippen LogP contribution is 2.26. The van der Waals surface area contributed by atoms with E-state index in [1.165, 1.54) is 24.8 Å². The van der Waals surface area contributed by atoms with E-state index in [9.17, 15) is 0 Å². The first-order valence-corrected chi connectivity index (χ1v) is 6.35. The SMILES string of the molecule is Nc1cc(CN(CCCO)C2CCC2)ccn1. The number of hydrogen-bond donors (Lipinski definition) is 2. The van der Waals surface area contributed by atoms with Crippen LogP contribution in [0.25, 0.3) is 0 Å². The molecule has 0 amide bonds. The van der Waals surface area contributed by atoms with Crippen molar-refractivity contribution in [2.45, 2.75) is 38.3 Å². The van der Waals surface area contributed by atoms with Gasteiger partial charge in [-0.05, 0) is 37.0 Å². The van der Waals surface area contributed by atoms with Crippen LogP contribution < -0.4 is 5.73 Å².